The van der Waals surface area contributed by atoms with Gasteiger partial charge in [-0.25, -0.2) is 9.59 Å². The second-order valence-electron chi connectivity index (χ2n) is 8.65. The highest BCUT2D eigenvalue weighted by molar-refractivity contribution is 6.06. The van der Waals surface area contributed by atoms with Gasteiger partial charge < -0.3 is 20.3 Å². The van der Waals surface area contributed by atoms with Crippen LogP contribution >= 0.6 is 0 Å². The quantitative estimate of drug-likeness (QED) is 0.441. The van der Waals surface area contributed by atoms with Crippen molar-refractivity contribution in [2.24, 2.45) is 5.73 Å². The van der Waals surface area contributed by atoms with E-state index < -0.39 is 23.8 Å². The Kier molecular flexibility index (Phi) is 7.77. The summed E-state index contributed by atoms with van der Waals surface area (Å²) in [5.41, 5.74) is 9.54. The van der Waals surface area contributed by atoms with Crippen molar-refractivity contribution in [1.29, 1.82) is 5.26 Å². The van der Waals surface area contributed by atoms with E-state index in [1.54, 1.807) is 72.8 Å². The SMILES string of the molecule is COC(=O)C1=C(C(=O)OC)N(c2cccc(-c3ccc(CC(=O)O)cc3)c2)C(N)=C(C#N)C1c1ccccc1. The Morgan fingerprint density at radius 2 is 1.59 bits per heavy atom. The number of anilines is 1. The molecule has 1 unspecified atom stereocenters. The molecule has 0 fully saturated rings. The number of methoxy groups -OCH3 is 2. The van der Waals surface area contributed by atoms with Gasteiger partial charge in [-0.1, -0.05) is 66.7 Å². The Morgan fingerprint density at radius 1 is 0.923 bits per heavy atom. The lowest BCUT2D eigenvalue weighted by Crippen LogP contribution is -2.40. The molecule has 0 aliphatic carbocycles. The minimum absolute atomic E-state index is 0.0339. The van der Waals surface area contributed by atoms with Crippen LogP contribution in [-0.2, 0) is 30.3 Å². The molecule has 0 saturated carbocycles. The third-order valence-electron chi connectivity index (χ3n) is 6.36. The first-order chi connectivity index (χ1) is 18.8. The second-order valence-corrected chi connectivity index (χ2v) is 8.65. The fraction of sp³-hybridized carbons (Fsp3) is 0.133. The van der Waals surface area contributed by atoms with E-state index in [1.165, 1.54) is 19.1 Å². The molecule has 9 heteroatoms. The van der Waals surface area contributed by atoms with Crippen molar-refractivity contribution in [3.8, 4) is 17.2 Å². The number of benzene rings is 3. The van der Waals surface area contributed by atoms with E-state index in [9.17, 15) is 19.6 Å². The number of allylic oxidation sites excluding steroid dienone is 1. The average Bonchev–Trinajstić information content (AvgIpc) is 2.96. The molecule has 4 rings (SSSR count). The molecule has 39 heavy (non-hydrogen) atoms. The number of rotatable bonds is 7. The van der Waals surface area contributed by atoms with Crippen LogP contribution in [-0.4, -0.2) is 37.2 Å². The Bertz CT molecular complexity index is 1530. The van der Waals surface area contributed by atoms with Crippen molar-refractivity contribution in [2.75, 3.05) is 19.1 Å². The van der Waals surface area contributed by atoms with Crippen molar-refractivity contribution in [3.63, 3.8) is 0 Å². The normalized spacial score (nSPS) is 15.0. The van der Waals surface area contributed by atoms with E-state index in [2.05, 4.69) is 6.07 Å². The van der Waals surface area contributed by atoms with Crippen LogP contribution in [0.25, 0.3) is 11.1 Å². The van der Waals surface area contributed by atoms with Gasteiger partial charge in [0.25, 0.3) is 0 Å². The summed E-state index contributed by atoms with van der Waals surface area (Å²) in [4.78, 5) is 38.8. The largest absolute Gasteiger partial charge is 0.481 e. The Labute approximate surface area is 225 Å². The van der Waals surface area contributed by atoms with Crippen LogP contribution in [0.2, 0.25) is 0 Å². The number of nitrogens with two attached hydrogens (primary N) is 1. The smallest absolute Gasteiger partial charge is 0.355 e. The fourth-order valence-corrected chi connectivity index (χ4v) is 4.60. The van der Waals surface area contributed by atoms with E-state index >= 15 is 0 Å². The molecule has 9 nitrogen and oxygen atoms in total. The van der Waals surface area contributed by atoms with Crippen LogP contribution in [0.15, 0.2) is 102 Å². The van der Waals surface area contributed by atoms with Crippen LogP contribution < -0.4 is 10.6 Å². The first-order valence-electron chi connectivity index (χ1n) is 11.9. The Morgan fingerprint density at radius 3 is 2.18 bits per heavy atom. The van der Waals surface area contributed by atoms with Crippen molar-refractivity contribution >= 4 is 23.6 Å². The predicted octanol–water partition coefficient (Wildman–Crippen LogP) is 3.88. The molecule has 1 atom stereocenters. The third kappa shape index (κ3) is 5.22. The number of carbonyl (C=O) groups excluding carboxylic acids is 2. The second kappa shape index (κ2) is 11.4. The first kappa shape index (κ1) is 26.7. The zero-order valence-corrected chi connectivity index (χ0v) is 21.3. The Hall–Kier alpha value is -5.36. The molecule has 0 saturated heterocycles. The van der Waals surface area contributed by atoms with Gasteiger partial charge in [-0.3, -0.25) is 9.69 Å². The van der Waals surface area contributed by atoms with E-state index in [0.717, 1.165) is 11.1 Å². The van der Waals surface area contributed by atoms with Gasteiger partial charge in [0.2, 0.25) is 0 Å². The summed E-state index contributed by atoms with van der Waals surface area (Å²) in [7, 11) is 2.38. The fourth-order valence-electron chi connectivity index (χ4n) is 4.60. The number of aliphatic carboxylic acids is 1. The summed E-state index contributed by atoms with van der Waals surface area (Å²) in [6.45, 7) is 0. The van der Waals surface area contributed by atoms with Gasteiger partial charge in [0, 0.05) is 5.69 Å². The number of nitrogens with zero attached hydrogens (tertiary/aromatic N) is 2. The standard InChI is InChI=1S/C30H25N3O6/c1-38-29(36)26-25(20-7-4-3-5-8-20)23(17-31)28(32)33(27(26)30(37)39-2)22-10-6-9-21(16-22)19-13-11-18(12-14-19)15-24(34)35/h3-14,16,25H,15,32H2,1-2H3,(H,34,35). The van der Waals surface area contributed by atoms with E-state index in [1.807, 2.05) is 6.07 Å². The van der Waals surface area contributed by atoms with Crippen molar-refractivity contribution in [2.45, 2.75) is 12.3 Å². The molecule has 1 aliphatic rings. The molecule has 3 N–H and O–H groups in total. The van der Waals surface area contributed by atoms with Crippen molar-refractivity contribution < 1.29 is 29.0 Å². The molecule has 0 radical (unpaired) electrons. The van der Waals surface area contributed by atoms with Gasteiger partial charge >= 0.3 is 17.9 Å². The number of esters is 2. The molecule has 0 amide bonds. The van der Waals surface area contributed by atoms with Crippen LogP contribution in [0.4, 0.5) is 5.69 Å². The maximum Gasteiger partial charge on any atom is 0.355 e. The lowest BCUT2D eigenvalue weighted by Gasteiger charge is -2.36. The molecule has 196 valence electrons. The zero-order chi connectivity index (χ0) is 28.1. The highest BCUT2D eigenvalue weighted by Crippen LogP contribution is 2.43. The summed E-state index contributed by atoms with van der Waals surface area (Å²) in [5, 5.41) is 19.2. The minimum Gasteiger partial charge on any atom is -0.481 e. The van der Waals surface area contributed by atoms with Gasteiger partial charge in [0.1, 0.15) is 11.5 Å². The summed E-state index contributed by atoms with van der Waals surface area (Å²) in [5.74, 6) is -3.56. The van der Waals surface area contributed by atoms with Crippen molar-refractivity contribution in [1.82, 2.24) is 0 Å². The number of carboxylic acid groups (broad SMARTS) is 1. The number of ether oxygens (including phenoxy) is 2. The van der Waals surface area contributed by atoms with Gasteiger partial charge in [0.05, 0.1) is 43.8 Å². The molecule has 3 aromatic carbocycles. The predicted molar refractivity (Wildman–Crippen MR) is 143 cm³/mol. The lowest BCUT2D eigenvalue weighted by molar-refractivity contribution is -0.139. The number of carbonyl (C=O) groups is 3. The van der Waals surface area contributed by atoms with Gasteiger partial charge in [-0.05, 0) is 34.4 Å². The van der Waals surface area contributed by atoms with Crippen molar-refractivity contribution in [3.05, 3.63) is 113 Å². The third-order valence-corrected chi connectivity index (χ3v) is 6.36. The molecule has 1 aliphatic heterocycles. The van der Waals surface area contributed by atoms with E-state index in [-0.39, 0.29) is 29.1 Å². The summed E-state index contributed by atoms with van der Waals surface area (Å²) >= 11 is 0. The van der Waals surface area contributed by atoms with Gasteiger partial charge in [0.15, 0.2) is 0 Å². The Balaban J connectivity index is 1.92. The van der Waals surface area contributed by atoms with Crippen LogP contribution in [0.1, 0.15) is 17.0 Å². The van der Waals surface area contributed by atoms with Gasteiger partial charge in [-0.15, -0.1) is 0 Å². The summed E-state index contributed by atoms with van der Waals surface area (Å²) < 4.78 is 10.1. The zero-order valence-electron chi connectivity index (χ0n) is 21.3. The highest BCUT2D eigenvalue weighted by atomic mass is 16.5. The molecule has 0 aromatic heterocycles. The molecule has 1 heterocycles. The molecule has 0 bridgehead atoms. The topological polar surface area (TPSA) is 143 Å². The first-order valence-corrected chi connectivity index (χ1v) is 11.9. The monoisotopic (exact) mass is 523 g/mol. The number of hydrogen-bond acceptors (Lipinski definition) is 8. The number of hydrogen-bond donors (Lipinski definition) is 2. The van der Waals surface area contributed by atoms with E-state index in [0.29, 0.717) is 16.8 Å². The molecular weight excluding hydrogens is 498 g/mol. The number of carboxylic acids is 1. The lowest BCUT2D eigenvalue weighted by atomic mass is 9.81. The van der Waals surface area contributed by atoms with E-state index in [4.69, 9.17) is 20.3 Å². The van der Waals surface area contributed by atoms with Crippen LogP contribution in [0, 0.1) is 11.3 Å². The van der Waals surface area contributed by atoms with Gasteiger partial charge in [-0.2, -0.15) is 5.26 Å². The minimum atomic E-state index is -0.959. The molecular formula is C30H25N3O6. The van der Waals surface area contributed by atoms with Crippen LogP contribution in [0.3, 0.4) is 0 Å². The number of nitriles is 1. The maximum absolute atomic E-state index is 13.2. The highest BCUT2D eigenvalue weighted by Gasteiger charge is 2.43. The maximum atomic E-state index is 13.2. The molecule has 3 aromatic rings. The molecule has 0 spiro atoms. The summed E-state index contributed by atoms with van der Waals surface area (Å²) in [6.07, 6.45) is -0.0987. The van der Waals surface area contributed by atoms with Crippen LogP contribution in [0.5, 0.6) is 0 Å². The average molecular weight is 524 g/mol. The summed E-state index contributed by atoms with van der Waals surface area (Å²) in [6, 6.07) is 24.9.